The molecule has 0 amide bonds. The normalized spacial score (nSPS) is 10.3. The molecule has 2 aromatic rings. The van der Waals surface area contributed by atoms with Gasteiger partial charge >= 0.3 is 0 Å². The molecule has 0 saturated carbocycles. The number of methoxy groups -OCH3 is 2. The predicted molar refractivity (Wildman–Crippen MR) is 61.8 cm³/mol. The Morgan fingerprint density at radius 3 is 2.00 bits per heavy atom. The molecule has 0 atom stereocenters. The van der Waals surface area contributed by atoms with Gasteiger partial charge in [0.25, 0.3) is 0 Å². The number of rotatable bonds is 2. The summed E-state index contributed by atoms with van der Waals surface area (Å²) in [6.45, 7) is 2.08. The van der Waals surface area contributed by atoms with Crippen molar-refractivity contribution in [3.8, 4) is 11.5 Å². The Labute approximate surface area is 89.4 Å². The number of ether oxygens (including phenoxy) is 2. The van der Waals surface area contributed by atoms with Crippen molar-refractivity contribution in [2.24, 2.45) is 0 Å². The number of hydrogen-bond donors (Lipinski definition) is 0. The van der Waals surface area contributed by atoms with Crippen LogP contribution in [0.5, 0.6) is 11.5 Å². The summed E-state index contributed by atoms with van der Waals surface area (Å²) in [5.74, 6) is 1.55. The molecule has 2 nitrogen and oxygen atoms in total. The summed E-state index contributed by atoms with van der Waals surface area (Å²) in [5.41, 5.74) is 1.25. The molecule has 15 heavy (non-hydrogen) atoms. The second-order valence-electron chi connectivity index (χ2n) is 3.56. The van der Waals surface area contributed by atoms with Crippen molar-refractivity contribution >= 4 is 10.8 Å². The zero-order chi connectivity index (χ0) is 10.8. The van der Waals surface area contributed by atoms with Gasteiger partial charge in [0.2, 0.25) is 0 Å². The quantitative estimate of drug-likeness (QED) is 0.744. The van der Waals surface area contributed by atoms with Crippen molar-refractivity contribution in [3.63, 3.8) is 0 Å². The Bertz CT molecular complexity index is 489. The molecule has 0 saturated heterocycles. The monoisotopic (exact) mass is 202 g/mol. The minimum absolute atomic E-state index is 0.772. The van der Waals surface area contributed by atoms with E-state index in [4.69, 9.17) is 9.47 Å². The lowest BCUT2D eigenvalue weighted by Crippen LogP contribution is -1.90. The third-order valence-corrected chi connectivity index (χ3v) is 2.50. The smallest absolute Gasteiger partial charge is 0.161 e. The van der Waals surface area contributed by atoms with Crippen LogP contribution >= 0.6 is 0 Å². The van der Waals surface area contributed by atoms with E-state index in [2.05, 4.69) is 25.1 Å². The van der Waals surface area contributed by atoms with Crippen LogP contribution in [0, 0.1) is 6.92 Å². The van der Waals surface area contributed by atoms with Gasteiger partial charge in [-0.3, -0.25) is 0 Å². The molecule has 0 bridgehead atoms. The first-order chi connectivity index (χ1) is 7.24. The molecular formula is C13H14O2. The van der Waals surface area contributed by atoms with E-state index in [1.54, 1.807) is 14.2 Å². The van der Waals surface area contributed by atoms with Gasteiger partial charge in [0.1, 0.15) is 0 Å². The summed E-state index contributed by atoms with van der Waals surface area (Å²) in [6.07, 6.45) is 0. The van der Waals surface area contributed by atoms with Crippen molar-refractivity contribution in [1.82, 2.24) is 0 Å². The molecule has 0 spiro atoms. The lowest BCUT2D eigenvalue weighted by molar-refractivity contribution is 0.356. The van der Waals surface area contributed by atoms with Crippen molar-refractivity contribution in [3.05, 3.63) is 35.9 Å². The molecule has 2 heteroatoms. The fourth-order valence-corrected chi connectivity index (χ4v) is 1.69. The van der Waals surface area contributed by atoms with E-state index in [0.29, 0.717) is 0 Å². The number of fused-ring (bicyclic) bond motifs is 1. The van der Waals surface area contributed by atoms with Crippen LogP contribution in [0.25, 0.3) is 10.8 Å². The van der Waals surface area contributed by atoms with Gasteiger partial charge in [-0.05, 0) is 29.8 Å². The molecule has 0 aliphatic carbocycles. The molecule has 0 aromatic heterocycles. The zero-order valence-corrected chi connectivity index (χ0v) is 9.20. The van der Waals surface area contributed by atoms with E-state index in [1.165, 1.54) is 16.3 Å². The second-order valence-corrected chi connectivity index (χ2v) is 3.56. The Balaban J connectivity index is 2.69. The summed E-state index contributed by atoms with van der Waals surface area (Å²) in [5, 5.41) is 2.34. The van der Waals surface area contributed by atoms with Gasteiger partial charge in [-0.25, -0.2) is 0 Å². The van der Waals surface area contributed by atoms with Gasteiger partial charge in [-0.15, -0.1) is 0 Å². The fourth-order valence-electron chi connectivity index (χ4n) is 1.69. The standard InChI is InChI=1S/C13H14O2/c1-9-4-5-10-7-12(14-2)13(15-3)8-11(10)6-9/h4-8H,1-3H3. The maximum Gasteiger partial charge on any atom is 0.161 e. The summed E-state index contributed by atoms with van der Waals surface area (Å²) in [4.78, 5) is 0. The van der Waals surface area contributed by atoms with E-state index in [9.17, 15) is 0 Å². The Hall–Kier alpha value is -1.70. The molecule has 78 valence electrons. The van der Waals surface area contributed by atoms with Crippen LogP contribution in [0.1, 0.15) is 5.56 Å². The molecule has 0 aliphatic rings. The SMILES string of the molecule is COc1cc2ccc(C)cc2cc1OC. The molecular weight excluding hydrogens is 188 g/mol. The average Bonchev–Trinajstić information content (AvgIpc) is 2.27. The van der Waals surface area contributed by atoms with Gasteiger partial charge in [-0.2, -0.15) is 0 Å². The van der Waals surface area contributed by atoms with Gasteiger partial charge in [0.05, 0.1) is 14.2 Å². The average molecular weight is 202 g/mol. The predicted octanol–water partition coefficient (Wildman–Crippen LogP) is 3.17. The Morgan fingerprint density at radius 1 is 0.800 bits per heavy atom. The zero-order valence-electron chi connectivity index (χ0n) is 9.20. The highest BCUT2D eigenvalue weighted by atomic mass is 16.5. The largest absolute Gasteiger partial charge is 0.493 e. The highest BCUT2D eigenvalue weighted by Gasteiger charge is 2.05. The van der Waals surface area contributed by atoms with Crippen LogP contribution in [0.2, 0.25) is 0 Å². The number of aryl methyl sites for hydroxylation is 1. The van der Waals surface area contributed by atoms with Gasteiger partial charge in [-0.1, -0.05) is 23.8 Å². The van der Waals surface area contributed by atoms with Crippen LogP contribution in [0.4, 0.5) is 0 Å². The van der Waals surface area contributed by atoms with Crippen LogP contribution < -0.4 is 9.47 Å². The third kappa shape index (κ3) is 1.75. The first-order valence-electron chi connectivity index (χ1n) is 4.87. The molecule has 0 radical (unpaired) electrons. The first kappa shape index (κ1) is 9.84. The van der Waals surface area contributed by atoms with Crippen molar-refractivity contribution in [2.75, 3.05) is 14.2 Å². The topological polar surface area (TPSA) is 18.5 Å². The van der Waals surface area contributed by atoms with Crippen LogP contribution in [-0.4, -0.2) is 14.2 Å². The van der Waals surface area contributed by atoms with Gasteiger partial charge < -0.3 is 9.47 Å². The van der Waals surface area contributed by atoms with Gasteiger partial charge in [0, 0.05) is 0 Å². The summed E-state index contributed by atoms with van der Waals surface area (Å²) >= 11 is 0. The van der Waals surface area contributed by atoms with E-state index < -0.39 is 0 Å². The molecule has 0 N–H and O–H groups in total. The maximum absolute atomic E-state index is 5.26. The molecule has 2 aromatic carbocycles. The Morgan fingerprint density at radius 2 is 1.40 bits per heavy atom. The second kappa shape index (κ2) is 3.81. The summed E-state index contributed by atoms with van der Waals surface area (Å²) < 4.78 is 10.5. The number of hydrogen-bond acceptors (Lipinski definition) is 2. The molecule has 0 aliphatic heterocycles. The molecule has 2 rings (SSSR count). The van der Waals surface area contributed by atoms with E-state index in [-0.39, 0.29) is 0 Å². The van der Waals surface area contributed by atoms with Crippen LogP contribution in [0.15, 0.2) is 30.3 Å². The van der Waals surface area contributed by atoms with Gasteiger partial charge in [0.15, 0.2) is 11.5 Å². The minimum Gasteiger partial charge on any atom is -0.493 e. The molecule has 0 unspecified atom stereocenters. The summed E-state index contributed by atoms with van der Waals surface area (Å²) in [6, 6.07) is 10.3. The fraction of sp³-hybridized carbons (Fsp3) is 0.231. The first-order valence-corrected chi connectivity index (χ1v) is 4.87. The molecule has 0 fully saturated rings. The summed E-state index contributed by atoms with van der Waals surface area (Å²) in [7, 11) is 3.30. The Kier molecular flexibility index (Phi) is 2.50. The van der Waals surface area contributed by atoms with Crippen LogP contribution in [0.3, 0.4) is 0 Å². The molecule has 0 heterocycles. The number of benzene rings is 2. The third-order valence-electron chi connectivity index (χ3n) is 2.50. The van der Waals surface area contributed by atoms with Crippen LogP contribution in [-0.2, 0) is 0 Å². The highest BCUT2D eigenvalue weighted by Crippen LogP contribution is 2.32. The maximum atomic E-state index is 5.26. The van der Waals surface area contributed by atoms with E-state index in [1.807, 2.05) is 12.1 Å². The van der Waals surface area contributed by atoms with E-state index in [0.717, 1.165) is 11.5 Å². The van der Waals surface area contributed by atoms with Crippen molar-refractivity contribution in [2.45, 2.75) is 6.92 Å². The minimum atomic E-state index is 0.772. The lowest BCUT2D eigenvalue weighted by Gasteiger charge is -2.09. The highest BCUT2D eigenvalue weighted by molar-refractivity contribution is 5.86. The van der Waals surface area contributed by atoms with E-state index >= 15 is 0 Å². The lowest BCUT2D eigenvalue weighted by atomic mass is 10.1. The van der Waals surface area contributed by atoms with Crippen molar-refractivity contribution < 1.29 is 9.47 Å². The van der Waals surface area contributed by atoms with Crippen molar-refractivity contribution in [1.29, 1.82) is 0 Å².